The summed E-state index contributed by atoms with van der Waals surface area (Å²) < 4.78 is 2.27. The molecule has 0 saturated carbocycles. The van der Waals surface area contributed by atoms with Gasteiger partial charge in [0.15, 0.2) is 5.82 Å². The maximum absolute atomic E-state index is 5.00. The predicted octanol–water partition coefficient (Wildman–Crippen LogP) is 8.85. The summed E-state index contributed by atoms with van der Waals surface area (Å²) in [6.45, 7) is 15.3. The number of hydrogen-bond acceptors (Lipinski definition) is 2. The standard InChI is InChI=1S/C37H36BN3/c1-22-16-24(3)36(25(4)17-22)30-8-12-32-28(20-30)10-14-34(39-32)40-35-15-11-29-21-31(9-13-33(29)41(35)38-7)37-26(5)18-23(2)19-27(37)6/h8-21,38H,1-7H3/b40-35-. The van der Waals surface area contributed by atoms with Gasteiger partial charge in [0, 0.05) is 10.9 Å². The van der Waals surface area contributed by atoms with Crippen LogP contribution < -0.4 is 5.49 Å². The molecule has 0 atom stereocenters. The minimum Gasteiger partial charge on any atom is -0.375 e. The number of rotatable bonds is 4. The van der Waals surface area contributed by atoms with E-state index in [1.54, 1.807) is 0 Å². The molecule has 0 saturated heterocycles. The van der Waals surface area contributed by atoms with E-state index in [0.29, 0.717) is 0 Å². The highest BCUT2D eigenvalue weighted by Gasteiger charge is 2.11. The monoisotopic (exact) mass is 533 g/mol. The van der Waals surface area contributed by atoms with E-state index in [4.69, 9.17) is 9.98 Å². The topological polar surface area (TPSA) is 30.2 Å². The first-order valence-corrected chi connectivity index (χ1v) is 14.5. The zero-order valence-corrected chi connectivity index (χ0v) is 25.1. The number of aryl methyl sites for hydroxylation is 6. The number of benzene rings is 4. The molecule has 202 valence electrons. The summed E-state index contributed by atoms with van der Waals surface area (Å²) in [6.07, 6.45) is 0. The normalized spacial score (nSPS) is 11.9. The molecule has 0 N–H and O–H groups in total. The molecular formula is C37H36BN3. The number of fused-ring (bicyclic) bond motifs is 2. The Labute approximate surface area is 243 Å². The first-order valence-electron chi connectivity index (χ1n) is 14.5. The van der Waals surface area contributed by atoms with E-state index in [1.165, 1.54) is 66.5 Å². The third-order valence-corrected chi connectivity index (χ3v) is 8.16. The van der Waals surface area contributed by atoms with Crippen molar-refractivity contribution in [2.45, 2.75) is 48.4 Å². The SMILES string of the molecule is CBn1/c(=N\c2ccc3cc(-c4c(C)cc(C)cc4C)ccc3n2)ccc2cc(-c3c(C)cc(C)cc3C)ccc21. The van der Waals surface area contributed by atoms with Crippen LogP contribution in [0, 0.1) is 41.5 Å². The van der Waals surface area contributed by atoms with Gasteiger partial charge in [0.1, 0.15) is 5.49 Å². The smallest absolute Gasteiger partial charge is 0.241 e. The van der Waals surface area contributed by atoms with Gasteiger partial charge in [-0.25, -0.2) is 9.98 Å². The summed E-state index contributed by atoms with van der Waals surface area (Å²) in [4.78, 5) is 9.92. The first-order chi connectivity index (χ1) is 19.7. The lowest BCUT2D eigenvalue weighted by molar-refractivity contribution is 1.08. The highest BCUT2D eigenvalue weighted by Crippen LogP contribution is 2.32. The fourth-order valence-electron chi connectivity index (χ4n) is 6.62. The van der Waals surface area contributed by atoms with Crippen LogP contribution in [0.5, 0.6) is 0 Å². The van der Waals surface area contributed by atoms with Crippen LogP contribution in [0.25, 0.3) is 44.1 Å². The summed E-state index contributed by atoms with van der Waals surface area (Å²) in [7, 11) is 0.824. The van der Waals surface area contributed by atoms with Crippen molar-refractivity contribution in [3.8, 4) is 22.3 Å². The van der Waals surface area contributed by atoms with Crippen molar-refractivity contribution >= 4 is 35.0 Å². The zero-order chi connectivity index (χ0) is 28.8. The van der Waals surface area contributed by atoms with Crippen molar-refractivity contribution < 1.29 is 0 Å². The van der Waals surface area contributed by atoms with Gasteiger partial charge < -0.3 is 4.48 Å². The van der Waals surface area contributed by atoms with Crippen molar-refractivity contribution in [3.05, 3.63) is 124 Å². The summed E-state index contributed by atoms with van der Waals surface area (Å²) in [5, 5.41) is 2.33. The van der Waals surface area contributed by atoms with E-state index < -0.39 is 0 Å². The molecule has 6 rings (SSSR count). The molecule has 0 fully saturated rings. The maximum atomic E-state index is 5.00. The summed E-state index contributed by atoms with van der Waals surface area (Å²) in [6, 6.07) is 30.8. The predicted molar refractivity (Wildman–Crippen MR) is 177 cm³/mol. The second kappa shape index (κ2) is 10.5. The van der Waals surface area contributed by atoms with Gasteiger partial charge in [-0.2, -0.15) is 0 Å². The van der Waals surface area contributed by atoms with Gasteiger partial charge in [0.05, 0.1) is 5.52 Å². The van der Waals surface area contributed by atoms with E-state index in [2.05, 4.69) is 132 Å². The van der Waals surface area contributed by atoms with Crippen LogP contribution in [0.4, 0.5) is 5.82 Å². The molecule has 0 radical (unpaired) electrons. The lowest BCUT2D eigenvalue weighted by Gasteiger charge is -2.15. The van der Waals surface area contributed by atoms with Gasteiger partial charge in [-0.15, -0.1) is 0 Å². The van der Waals surface area contributed by atoms with Crippen molar-refractivity contribution in [3.63, 3.8) is 0 Å². The molecule has 0 unspecified atom stereocenters. The quantitative estimate of drug-likeness (QED) is 0.208. The van der Waals surface area contributed by atoms with Gasteiger partial charge in [0.2, 0.25) is 7.41 Å². The van der Waals surface area contributed by atoms with Crippen molar-refractivity contribution in [1.82, 2.24) is 9.46 Å². The molecule has 2 heterocycles. The number of hydrogen-bond donors (Lipinski definition) is 0. The van der Waals surface area contributed by atoms with Gasteiger partial charge in [-0.1, -0.05) is 54.3 Å². The van der Waals surface area contributed by atoms with Crippen LogP contribution in [-0.2, 0) is 0 Å². The lowest BCUT2D eigenvalue weighted by atomic mass is 9.92. The molecule has 0 aliphatic heterocycles. The second-order valence-electron chi connectivity index (χ2n) is 11.4. The zero-order valence-electron chi connectivity index (χ0n) is 25.1. The highest BCUT2D eigenvalue weighted by molar-refractivity contribution is 6.33. The Bertz CT molecular complexity index is 2000. The van der Waals surface area contributed by atoms with Crippen LogP contribution in [0.15, 0.2) is 89.9 Å². The third-order valence-electron chi connectivity index (χ3n) is 8.16. The minimum absolute atomic E-state index is 0.719. The fraction of sp³-hybridized carbons (Fsp3) is 0.189. The summed E-state index contributed by atoms with van der Waals surface area (Å²) >= 11 is 0. The summed E-state index contributed by atoms with van der Waals surface area (Å²) in [5.41, 5.74) is 16.0. The molecule has 2 aromatic heterocycles. The minimum atomic E-state index is 0.719. The summed E-state index contributed by atoms with van der Waals surface area (Å²) in [5.74, 6) is 0.719. The van der Waals surface area contributed by atoms with Gasteiger partial charge >= 0.3 is 0 Å². The molecule has 6 aromatic rings. The fourth-order valence-corrected chi connectivity index (χ4v) is 6.62. The van der Waals surface area contributed by atoms with Gasteiger partial charge in [-0.05, 0) is 140 Å². The Morgan fingerprint density at radius 3 is 1.71 bits per heavy atom. The molecule has 3 nitrogen and oxygen atoms in total. The van der Waals surface area contributed by atoms with Gasteiger partial charge in [-0.3, -0.25) is 0 Å². The maximum Gasteiger partial charge on any atom is 0.241 e. The average Bonchev–Trinajstić information content (AvgIpc) is 2.92. The van der Waals surface area contributed by atoms with Crippen molar-refractivity contribution in [2.75, 3.05) is 0 Å². The number of pyridine rings is 2. The second-order valence-corrected chi connectivity index (χ2v) is 11.4. The Hall–Kier alpha value is -4.44. The Morgan fingerprint density at radius 1 is 0.585 bits per heavy atom. The van der Waals surface area contributed by atoms with Gasteiger partial charge in [0.25, 0.3) is 0 Å². The first kappa shape index (κ1) is 26.8. The molecule has 0 bridgehead atoms. The third kappa shape index (κ3) is 4.99. The Kier molecular flexibility index (Phi) is 6.87. The van der Waals surface area contributed by atoms with Crippen LogP contribution in [-0.4, -0.2) is 16.9 Å². The van der Waals surface area contributed by atoms with Crippen LogP contribution in [0.3, 0.4) is 0 Å². The van der Waals surface area contributed by atoms with Crippen LogP contribution >= 0.6 is 0 Å². The number of nitrogens with zero attached hydrogens (tertiary/aromatic N) is 3. The van der Waals surface area contributed by atoms with E-state index >= 15 is 0 Å². The lowest BCUT2D eigenvalue weighted by Crippen LogP contribution is -2.23. The number of aromatic nitrogens is 2. The molecule has 0 spiro atoms. The van der Waals surface area contributed by atoms with E-state index in [1.807, 2.05) is 6.07 Å². The highest BCUT2D eigenvalue weighted by atomic mass is 15.0. The molecule has 0 aliphatic carbocycles. The van der Waals surface area contributed by atoms with Crippen LogP contribution in [0.1, 0.15) is 33.4 Å². The largest absolute Gasteiger partial charge is 0.375 e. The molecule has 4 heteroatoms. The molecule has 41 heavy (non-hydrogen) atoms. The Morgan fingerprint density at radius 2 is 1.12 bits per heavy atom. The van der Waals surface area contributed by atoms with E-state index in [-0.39, 0.29) is 0 Å². The molecular weight excluding hydrogens is 497 g/mol. The van der Waals surface area contributed by atoms with Crippen LogP contribution in [0.2, 0.25) is 6.82 Å². The average molecular weight is 534 g/mol. The van der Waals surface area contributed by atoms with Crippen molar-refractivity contribution in [2.24, 2.45) is 4.99 Å². The van der Waals surface area contributed by atoms with E-state index in [0.717, 1.165) is 29.6 Å². The Balaban J connectivity index is 1.40. The molecule has 0 aliphatic rings. The van der Waals surface area contributed by atoms with Crippen molar-refractivity contribution in [1.29, 1.82) is 0 Å². The van der Waals surface area contributed by atoms with E-state index in [9.17, 15) is 0 Å². The molecule has 0 amide bonds. The molecule has 4 aromatic carbocycles.